The number of hydrogen-bond donors (Lipinski definition) is 1. The quantitative estimate of drug-likeness (QED) is 0.683. The fraction of sp³-hybridized carbons (Fsp3) is 0.300. The van der Waals surface area contributed by atoms with Crippen molar-refractivity contribution >= 4 is 33.1 Å². The van der Waals surface area contributed by atoms with Crippen LogP contribution in [0.2, 0.25) is 0 Å². The minimum Gasteiger partial charge on any atom is -0.491 e. The molecule has 0 atom stereocenters. The molecule has 2 rings (SSSR count). The minimum absolute atomic E-state index is 0.0706. The van der Waals surface area contributed by atoms with Crippen LogP contribution in [0.3, 0.4) is 0 Å². The van der Waals surface area contributed by atoms with Crippen molar-refractivity contribution in [1.29, 1.82) is 0 Å². The van der Waals surface area contributed by atoms with Crippen molar-refractivity contribution < 1.29 is 22.7 Å². The number of rotatable bonds is 8. The zero-order valence-electron chi connectivity index (χ0n) is 16.3. The van der Waals surface area contributed by atoms with Gasteiger partial charge in [-0.3, -0.25) is 13.9 Å². The van der Waals surface area contributed by atoms with Crippen molar-refractivity contribution in [3.8, 4) is 5.75 Å². The zero-order chi connectivity index (χ0) is 20.9. The number of carbonyl (C=O) groups is 2. The average molecular weight is 404 g/mol. The zero-order valence-corrected chi connectivity index (χ0v) is 17.1. The van der Waals surface area contributed by atoms with Gasteiger partial charge in [0.1, 0.15) is 12.3 Å². The summed E-state index contributed by atoms with van der Waals surface area (Å²) in [6, 6.07) is 13.0. The van der Waals surface area contributed by atoms with Crippen LogP contribution in [0.4, 0.5) is 11.4 Å². The molecule has 1 amide bonds. The molecule has 1 N–H and O–H groups in total. The van der Waals surface area contributed by atoms with Crippen LogP contribution in [0.15, 0.2) is 48.5 Å². The van der Waals surface area contributed by atoms with Crippen molar-refractivity contribution in [2.75, 3.05) is 22.4 Å². The highest BCUT2D eigenvalue weighted by Crippen LogP contribution is 2.24. The molecular weight excluding hydrogens is 380 g/mol. The van der Waals surface area contributed by atoms with Gasteiger partial charge in [0.05, 0.1) is 18.0 Å². The van der Waals surface area contributed by atoms with Crippen molar-refractivity contribution in [3.05, 3.63) is 54.1 Å². The normalized spacial score (nSPS) is 11.2. The van der Waals surface area contributed by atoms with Gasteiger partial charge >= 0.3 is 0 Å². The molecule has 8 heteroatoms. The van der Waals surface area contributed by atoms with Crippen molar-refractivity contribution in [2.24, 2.45) is 0 Å². The molecule has 0 bridgehead atoms. The van der Waals surface area contributed by atoms with Gasteiger partial charge < -0.3 is 10.1 Å². The van der Waals surface area contributed by atoms with E-state index in [4.69, 9.17) is 4.74 Å². The number of ether oxygens (including phenoxy) is 1. The number of hydrogen-bond acceptors (Lipinski definition) is 5. The van der Waals surface area contributed by atoms with Crippen LogP contribution >= 0.6 is 0 Å². The molecule has 28 heavy (non-hydrogen) atoms. The van der Waals surface area contributed by atoms with Crippen LogP contribution in [0.5, 0.6) is 5.75 Å². The summed E-state index contributed by atoms with van der Waals surface area (Å²) in [5.41, 5.74) is 1.20. The first-order valence-electron chi connectivity index (χ1n) is 8.71. The summed E-state index contributed by atoms with van der Waals surface area (Å²) in [4.78, 5) is 23.9. The van der Waals surface area contributed by atoms with Crippen LogP contribution in [0.1, 0.15) is 31.1 Å². The van der Waals surface area contributed by atoms with E-state index in [1.54, 1.807) is 48.5 Å². The molecule has 0 aliphatic heterocycles. The highest BCUT2D eigenvalue weighted by Gasteiger charge is 2.21. The molecular formula is C20H24N2O5S. The van der Waals surface area contributed by atoms with E-state index in [1.165, 1.54) is 6.92 Å². The fourth-order valence-corrected chi connectivity index (χ4v) is 3.38. The van der Waals surface area contributed by atoms with E-state index in [2.05, 4.69) is 5.32 Å². The molecule has 0 aliphatic carbocycles. The topological polar surface area (TPSA) is 92.8 Å². The predicted molar refractivity (Wildman–Crippen MR) is 109 cm³/mol. The Balaban J connectivity index is 2.22. The third-order valence-corrected chi connectivity index (χ3v) is 4.86. The summed E-state index contributed by atoms with van der Waals surface area (Å²) in [6.45, 7) is 4.75. The molecule has 0 fully saturated rings. The van der Waals surface area contributed by atoms with Gasteiger partial charge in [0.15, 0.2) is 5.78 Å². The number of nitrogens with one attached hydrogen (secondary N) is 1. The van der Waals surface area contributed by atoms with Gasteiger partial charge in [-0.1, -0.05) is 18.2 Å². The Hall–Kier alpha value is -2.87. The smallest absolute Gasteiger partial charge is 0.245 e. The van der Waals surface area contributed by atoms with Gasteiger partial charge in [0, 0.05) is 17.3 Å². The standard InChI is InChI=1S/C20H24N2O5S/c1-14(2)27-19-10-6-9-18(12-19)22(28(4,25)26)13-20(24)21-17-8-5-7-16(11-17)15(3)23/h5-12,14H,13H2,1-4H3,(H,21,24). The van der Waals surface area contributed by atoms with Crippen LogP contribution in [-0.2, 0) is 14.8 Å². The molecule has 150 valence electrons. The largest absolute Gasteiger partial charge is 0.491 e. The lowest BCUT2D eigenvalue weighted by molar-refractivity contribution is -0.114. The summed E-state index contributed by atoms with van der Waals surface area (Å²) < 4.78 is 31.1. The second kappa shape index (κ2) is 8.88. The average Bonchev–Trinajstić information content (AvgIpc) is 2.58. The van der Waals surface area contributed by atoms with Gasteiger partial charge in [0.2, 0.25) is 15.9 Å². The molecule has 0 saturated carbocycles. The SMILES string of the molecule is CC(=O)c1cccc(NC(=O)CN(c2cccc(OC(C)C)c2)S(C)(=O)=O)c1. The molecule has 2 aromatic rings. The minimum atomic E-state index is -3.71. The lowest BCUT2D eigenvalue weighted by Crippen LogP contribution is -2.37. The van der Waals surface area contributed by atoms with Crippen LogP contribution < -0.4 is 14.4 Å². The van der Waals surface area contributed by atoms with E-state index < -0.39 is 22.5 Å². The Morgan fingerprint density at radius 2 is 1.79 bits per heavy atom. The number of Topliss-reactive ketones (excluding diaryl/α,β-unsaturated/α-hetero) is 1. The number of ketones is 1. The highest BCUT2D eigenvalue weighted by atomic mass is 32.2. The first-order chi connectivity index (χ1) is 13.1. The van der Waals surface area contributed by atoms with Gasteiger partial charge in [-0.05, 0) is 45.0 Å². The molecule has 0 aromatic heterocycles. The maximum atomic E-state index is 12.5. The molecule has 0 radical (unpaired) electrons. The van der Waals surface area contributed by atoms with Crippen molar-refractivity contribution in [2.45, 2.75) is 26.9 Å². The van der Waals surface area contributed by atoms with E-state index in [1.807, 2.05) is 13.8 Å². The lowest BCUT2D eigenvalue weighted by atomic mass is 10.1. The van der Waals surface area contributed by atoms with Crippen LogP contribution in [0, 0.1) is 0 Å². The lowest BCUT2D eigenvalue weighted by Gasteiger charge is -2.23. The summed E-state index contributed by atoms with van der Waals surface area (Å²) in [5.74, 6) is -0.146. The number of amides is 1. The fourth-order valence-electron chi connectivity index (χ4n) is 2.53. The summed E-state index contributed by atoms with van der Waals surface area (Å²) in [5, 5.41) is 2.63. The Bertz CT molecular complexity index is 970. The number of benzene rings is 2. The van der Waals surface area contributed by atoms with Gasteiger partial charge in [-0.25, -0.2) is 8.42 Å². The molecule has 2 aromatic carbocycles. The van der Waals surface area contributed by atoms with Crippen molar-refractivity contribution in [1.82, 2.24) is 0 Å². The number of sulfonamides is 1. The van der Waals surface area contributed by atoms with E-state index in [9.17, 15) is 18.0 Å². The Kier molecular flexibility index (Phi) is 6.80. The van der Waals surface area contributed by atoms with Gasteiger partial charge in [-0.2, -0.15) is 0 Å². The van der Waals surface area contributed by atoms with E-state index in [0.29, 0.717) is 22.7 Å². The molecule has 0 spiro atoms. The number of nitrogens with zero attached hydrogens (tertiary/aromatic N) is 1. The van der Waals surface area contributed by atoms with Gasteiger partial charge in [0.25, 0.3) is 0 Å². The molecule has 0 aliphatic rings. The third-order valence-electron chi connectivity index (χ3n) is 3.72. The second-order valence-corrected chi connectivity index (χ2v) is 8.53. The second-order valence-electron chi connectivity index (χ2n) is 6.62. The predicted octanol–water partition coefficient (Wildman–Crippen LogP) is 3.08. The monoisotopic (exact) mass is 404 g/mol. The van der Waals surface area contributed by atoms with Crippen molar-refractivity contribution in [3.63, 3.8) is 0 Å². The summed E-state index contributed by atoms with van der Waals surface area (Å²) in [6.07, 6.45) is 0.964. The van der Waals surface area contributed by atoms with Crippen LogP contribution in [-0.4, -0.2) is 39.0 Å². The van der Waals surface area contributed by atoms with Gasteiger partial charge in [-0.15, -0.1) is 0 Å². The maximum absolute atomic E-state index is 12.5. The Morgan fingerprint density at radius 1 is 1.11 bits per heavy atom. The highest BCUT2D eigenvalue weighted by molar-refractivity contribution is 7.92. The summed E-state index contributed by atoms with van der Waals surface area (Å²) in [7, 11) is -3.71. The first kappa shape index (κ1) is 21.4. The molecule has 7 nitrogen and oxygen atoms in total. The molecule has 0 heterocycles. The van der Waals surface area contributed by atoms with E-state index >= 15 is 0 Å². The molecule has 0 saturated heterocycles. The molecule has 0 unspecified atom stereocenters. The van der Waals surface area contributed by atoms with Crippen LogP contribution in [0.25, 0.3) is 0 Å². The Labute approximate surface area is 165 Å². The Morgan fingerprint density at radius 3 is 2.39 bits per heavy atom. The number of carbonyl (C=O) groups excluding carboxylic acids is 2. The summed E-state index contributed by atoms with van der Waals surface area (Å²) >= 11 is 0. The maximum Gasteiger partial charge on any atom is 0.245 e. The third kappa shape index (κ3) is 6.09. The van der Waals surface area contributed by atoms with E-state index in [0.717, 1.165) is 10.6 Å². The van der Waals surface area contributed by atoms with E-state index in [-0.39, 0.29) is 11.9 Å². The number of anilines is 2. The first-order valence-corrected chi connectivity index (χ1v) is 10.6.